The largest absolute Gasteiger partial charge is 2.00 e. The Hall–Kier alpha value is -4.27. The summed E-state index contributed by atoms with van der Waals surface area (Å²) in [5, 5.41) is 0. The zero-order valence-corrected chi connectivity index (χ0v) is 27.9. The number of benzene rings is 4. The first-order chi connectivity index (χ1) is 21.7. The van der Waals surface area contributed by atoms with Gasteiger partial charge in [-0.25, -0.2) is 0 Å². The van der Waals surface area contributed by atoms with Crippen molar-refractivity contribution < 1.29 is 21.1 Å². The minimum absolute atomic E-state index is 0. The first-order valence-corrected chi connectivity index (χ1v) is 15.7. The molecule has 3 nitrogen and oxygen atoms in total. The first-order valence-electron chi connectivity index (χ1n) is 15.7. The maximum atomic E-state index is 4.78. The smallest absolute Gasteiger partial charge is 0.353 e. The van der Waals surface area contributed by atoms with Crippen LogP contribution in [0.15, 0.2) is 122 Å². The van der Waals surface area contributed by atoms with E-state index >= 15 is 0 Å². The Balaban J connectivity index is 0.00000357. The van der Waals surface area contributed by atoms with Crippen LogP contribution in [0.25, 0.3) is 22.5 Å². The standard InChI is InChI=1S/C40H34BN3.Pt/c1-3-11-29-21-23-42-37(25-29)31-13-10-14-33(27-31)41-35-17-8-9-18-39(35)44(34-15-6-5-7-16-34)40-20-19-32(28-36(40)41)38-26-30(12-4-2)22-24-43-38;/h5-10,13-26H,3-4,11-12H2,1-2H3;/q-2;+2. The molecule has 3 heterocycles. The Morgan fingerprint density at radius 1 is 0.622 bits per heavy atom. The Morgan fingerprint density at radius 3 is 1.96 bits per heavy atom. The van der Waals surface area contributed by atoms with E-state index in [9.17, 15) is 0 Å². The van der Waals surface area contributed by atoms with Gasteiger partial charge in [-0.05, 0) is 65.7 Å². The van der Waals surface area contributed by atoms with Gasteiger partial charge < -0.3 is 14.9 Å². The SMILES string of the molecule is CCCc1ccnc(-c2[c-]c(B3c4[c-]c(-c5cc(CCC)ccn5)ccc4N(c4ccccc4)c4ccccc43)ccc2)c1.[Pt+2]. The molecule has 0 saturated heterocycles. The Kier molecular flexibility index (Phi) is 9.43. The van der Waals surface area contributed by atoms with Gasteiger partial charge in [0, 0.05) is 23.8 Å². The normalized spacial score (nSPS) is 11.9. The number of hydrogen-bond acceptors (Lipinski definition) is 3. The molecule has 4 aromatic carbocycles. The number of aryl methyl sites for hydroxylation is 2. The quantitative estimate of drug-likeness (QED) is 0.118. The molecule has 0 amide bonds. The fourth-order valence-electron chi connectivity index (χ4n) is 6.40. The molecule has 222 valence electrons. The molecule has 0 N–H and O–H groups in total. The molecule has 0 radical (unpaired) electrons. The molecular weight excluding hydrogens is 728 g/mol. The van der Waals surface area contributed by atoms with E-state index in [1.165, 1.54) is 22.3 Å². The van der Waals surface area contributed by atoms with Crippen molar-refractivity contribution >= 4 is 40.2 Å². The van der Waals surface area contributed by atoms with Crippen molar-refractivity contribution in [3.05, 3.63) is 145 Å². The van der Waals surface area contributed by atoms with Crippen molar-refractivity contribution in [2.24, 2.45) is 0 Å². The molecule has 0 unspecified atom stereocenters. The van der Waals surface area contributed by atoms with Crippen molar-refractivity contribution in [3.63, 3.8) is 0 Å². The van der Waals surface area contributed by atoms with Crippen LogP contribution in [-0.2, 0) is 33.9 Å². The average Bonchev–Trinajstić information content (AvgIpc) is 3.08. The summed E-state index contributed by atoms with van der Waals surface area (Å²) in [7, 11) is 0. The molecule has 1 aliphatic rings. The molecule has 6 aromatic rings. The number of para-hydroxylation sites is 2. The predicted octanol–water partition coefficient (Wildman–Crippen LogP) is 7.61. The molecule has 0 bridgehead atoms. The molecule has 0 spiro atoms. The summed E-state index contributed by atoms with van der Waals surface area (Å²) in [5.41, 5.74) is 13.4. The summed E-state index contributed by atoms with van der Waals surface area (Å²) in [6.07, 6.45) is 8.13. The van der Waals surface area contributed by atoms with E-state index in [-0.39, 0.29) is 27.8 Å². The average molecular weight is 763 g/mol. The second-order valence-corrected chi connectivity index (χ2v) is 11.5. The van der Waals surface area contributed by atoms with Gasteiger partial charge in [-0.3, -0.25) is 0 Å². The van der Waals surface area contributed by atoms with Crippen LogP contribution < -0.4 is 21.3 Å². The van der Waals surface area contributed by atoms with E-state index in [1.807, 2.05) is 12.4 Å². The summed E-state index contributed by atoms with van der Waals surface area (Å²) < 4.78 is 0. The molecule has 0 atom stereocenters. The molecule has 2 aromatic heterocycles. The summed E-state index contributed by atoms with van der Waals surface area (Å²) in [6, 6.07) is 46.6. The van der Waals surface area contributed by atoms with Crippen molar-refractivity contribution in [1.82, 2.24) is 9.97 Å². The van der Waals surface area contributed by atoms with E-state index in [2.05, 4.69) is 140 Å². The third-order valence-electron chi connectivity index (χ3n) is 8.39. The van der Waals surface area contributed by atoms with Crippen LogP contribution in [0, 0.1) is 12.1 Å². The topological polar surface area (TPSA) is 29.0 Å². The monoisotopic (exact) mass is 762 g/mol. The van der Waals surface area contributed by atoms with Gasteiger partial charge in [-0.2, -0.15) is 5.46 Å². The van der Waals surface area contributed by atoms with E-state index in [1.54, 1.807) is 0 Å². The first kappa shape index (κ1) is 30.7. The van der Waals surface area contributed by atoms with Gasteiger partial charge >= 0.3 is 21.1 Å². The molecule has 0 saturated carbocycles. The van der Waals surface area contributed by atoms with E-state index in [0.29, 0.717) is 0 Å². The Bertz CT molecular complexity index is 1920. The number of nitrogens with zero attached hydrogens (tertiary/aromatic N) is 3. The summed E-state index contributed by atoms with van der Waals surface area (Å²) in [4.78, 5) is 11.9. The van der Waals surface area contributed by atoms with E-state index in [4.69, 9.17) is 9.97 Å². The molecular formula is C40H34BN3Pt. The number of hydrogen-bond donors (Lipinski definition) is 0. The summed E-state index contributed by atoms with van der Waals surface area (Å²) >= 11 is 0. The van der Waals surface area contributed by atoms with Crippen molar-refractivity contribution in [2.45, 2.75) is 39.5 Å². The molecule has 1 aliphatic heterocycles. The third kappa shape index (κ3) is 6.17. The van der Waals surface area contributed by atoms with E-state index < -0.39 is 0 Å². The number of anilines is 3. The molecule has 7 rings (SSSR count). The second-order valence-electron chi connectivity index (χ2n) is 11.5. The molecule has 0 aliphatic carbocycles. The second kappa shape index (κ2) is 13.8. The number of rotatable bonds is 8. The molecule has 45 heavy (non-hydrogen) atoms. The van der Waals surface area contributed by atoms with Gasteiger partial charge in [0.2, 0.25) is 6.71 Å². The number of fused-ring (bicyclic) bond motifs is 2. The van der Waals surface area contributed by atoms with Crippen LogP contribution in [0.2, 0.25) is 0 Å². The maximum Gasteiger partial charge on any atom is 2.00 e. The minimum Gasteiger partial charge on any atom is -0.353 e. The predicted molar refractivity (Wildman–Crippen MR) is 184 cm³/mol. The van der Waals surface area contributed by atoms with Crippen molar-refractivity contribution in [2.75, 3.05) is 4.90 Å². The Morgan fingerprint density at radius 2 is 1.27 bits per heavy atom. The minimum atomic E-state index is -0.0567. The van der Waals surface area contributed by atoms with Crippen LogP contribution in [0.5, 0.6) is 0 Å². The van der Waals surface area contributed by atoms with Crippen LogP contribution >= 0.6 is 0 Å². The van der Waals surface area contributed by atoms with Gasteiger partial charge in [0.1, 0.15) is 0 Å². The van der Waals surface area contributed by atoms with Gasteiger partial charge in [-0.15, -0.1) is 59.1 Å². The molecule has 5 heteroatoms. The van der Waals surface area contributed by atoms with Gasteiger partial charge in [0.15, 0.2) is 0 Å². The molecule has 0 fully saturated rings. The zero-order valence-electron chi connectivity index (χ0n) is 25.6. The van der Waals surface area contributed by atoms with Gasteiger partial charge in [-0.1, -0.05) is 86.3 Å². The van der Waals surface area contributed by atoms with Crippen LogP contribution in [0.4, 0.5) is 17.1 Å². The number of pyridine rings is 2. The maximum absolute atomic E-state index is 4.78. The van der Waals surface area contributed by atoms with Crippen molar-refractivity contribution in [3.8, 4) is 22.5 Å². The van der Waals surface area contributed by atoms with Crippen LogP contribution in [-0.4, -0.2) is 16.7 Å². The van der Waals surface area contributed by atoms with E-state index in [0.717, 1.165) is 70.5 Å². The Labute approximate surface area is 281 Å². The van der Waals surface area contributed by atoms with Crippen LogP contribution in [0.1, 0.15) is 37.8 Å². The fourth-order valence-corrected chi connectivity index (χ4v) is 6.40. The third-order valence-corrected chi connectivity index (χ3v) is 8.39. The van der Waals surface area contributed by atoms with Gasteiger partial charge in [0.25, 0.3) is 0 Å². The van der Waals surface area contributed by atoms with Crippen LogP contribution in [0.3, 0.4) is 0 Å². The summed E-state index contributed by atoms with van der Waals surface area (Å²) in [5.74, 6) is 0. The fraction of sp³-hybridized carbons (Fsp3) is 0.150. The summed E-state index contributed by atoms with van der Waals surface area (Å²) in [6.45, 7) is 4.37. The van der Waals surface area contributed by atoms with Gasteiger partial charge in [0.05, 0.1) is 0 Å². The van der Waals surface area contributed by atoms with Crippen molar-refractivity contribution in [1.29, 1.82) is 0 Å². The number of aromatic nitrogens is 2. The zero-order chi connectivity index (χ0) is 29.9.